The molecule has 0 atom stereocenters. The molecular formula is C9H20N2O2S. The van der Waals surface area contributed by atoms with E-state index in [4.69, 9.17) is 0 Å². The fraction of sp³-hybridized carbons (Fsp3) is 1.00. The van der Waals surface area contributed by atoms with E-state index in [-0.39, 0.29) is 5.75 Å². The zero-order valence-electron chi connectivity index (χ0n) is 8.75. The van der Waals surface area contributed by atoms with Crippen LogP contribution in [-0.4, -0.2) is 33.8 Å². The molecule has 84 valence electrons. The van der Waals surface area contributed by atoms with Gasteiger partial charge in [-0.1, -0.05) is 0 Å². The van der Waals surface area contributed by atoms with Crippen molar-refractivity contribution in [1.29, 1.82) is 0 Å². The third kappa shape index (κ3) is 4.39. The molecule has 0 spiro atoms. The minimum atomic E-state index is -2.99. The van der Waals surface area contributed by atoms with E-state index in [1.807, 2.05) is 0 Å². The molecule has 1 heterocycles. The highest BCUT2D eigenvalue weighted by Gasteiger charge is 2.13. The molecule has 0 aromatic rings. The summed E-state index contributed by atoms with van der Waals surface area (Å²) in [5, 5.41) is 3.29. The first-order valence-corrected chi connectivity index (χ1v) is 6.97. The van der Waals surface area contributed by atoms with Gasteiger partial charge in [0.1, 0.15) is 0 Å². The lowest BCUT2D eigenvalue weighted by Gasteiger charge is -2.22. The van der Waals surface area contributed by atoms with Crippen LogP contribution in [0, 0.1) is 5.92 Å². The summed E-state index contributed by atoms with van der Waals surface area (Å²) in [7, 11) is -2.99. The van der Waals surface area contributed by atoms with Gasteiger partial charge in [-0.3, -0.25) is 0 Å². The second-order valence-corrected chi connectivity index (χ2v) is 5.88. The average molecular weight is 220 g/mol. The van der Waals surface area contributed by atoms with E-state index in [1.54, 1.807) is 6.92 Å². The zero-order chi connectivity index (χ0) is 10.4. The van der Waals surface area contributed by atoms with Crippen LogP contribution in [0.25, 0.3) is 0 Å². The lowest BCUT2D eigenvalue weighted by Crippen LogP contribution is -2.31. The van der Waals surface area contributed by atoms with Crippen molar-refractivity contribution < 1.29 is 8.42 Å². The molecule has 0 saturated carbocycles. The molecule has 0 aromatic carbocycles. The third-order valence-corrected chi connectivity index (χ3v) is 4.12. The smallest absolute Gasteiger partial charge is 0.211 e. The van der Waals surface area contributed by atoms with Crippen molar-refractivity contribution in [2.75, 3.05) is 25.4 Å². The molecule has 0 unspecified atom stereocenters. The second-order valence-electron chi connectivity index (χ2n) is 3.78. The van der Waals surface area contributed by atoms with Crippen molar-refractivity contribution >= 4 is 10.0 Å². The highest BCUT2D eigenvalue weighted by Crippen LogP contribution is 2.14. The monoisotopic (exact) mass is 220 g/mol. The molecule has 0 aliphatic carbocycles. The number of rotatable bonds is 5. The zero-order valence-corrected chi connectivity index (χ0v) is 9.57. The molecule has 1 aliphatic rings. The maximum absolute atomic E-state index is 11.1. The van der Waals surface area contributed by atoms with Gasteiger partial charge in [-0.15, -0.1) is 0 Å². The SMILES string of the molecule is CCS(=O)(=O)NCCC1CCNCC1. The van der Waals surface area contributed by atoms with Gasteiger partial charge in [0.2, 0.25) is 10.0 Å². The molecule has 0 amide bonds. The molecule has 1 saturated heterocycles. The van der Waals surface area contributed by atoms with Gasteiger partial charge in [0.15, 0.2) is 0 Å². The van der Waals surface area contributed by atoms with Gasteiger partial charge in [0, 0.05) is 6.54 Å². The van der Waals surface area contributed by atoms with Gasteiger partial charge in [-0.2, -0.15) is 0 Å². The molecule has 4 nitrogen and oxygen atoms in total. The quantitative estimate of drug-likeness (QED) is 0.701. The molecule has 14 heavy (non-hydrogen) atoms. The second kappa shape index (κ2) is 5.68. The summed E-state index contributed by atoms with van der Waals surface area (Å²) >= 11 is 0. The molecule has 5 heteroatoms. The average Bonchev–Trinajstić information content (AvgIpc) is 2.19. The first-order chi connectivity index (χ1) is 6.64. The summed E-state index contributed by atoms with van der Waals surface area (Å²) in [6, 6.07) is 0. The first kappa shape index (κ1) is 11.9. The Morgan fingerprint density at radius 1 is 1.36 bits per heavy atom. The maximum Gasteiger partial charge on any atom is 0.211 e. The standard InChI is InChI=1S/C9H20N2O2S/c1-2-14(12,13)11-8-5-9-3-6-10-7-4-9/h9-11H,2-8H2,1H3. The van der Waals surface area contributed by atoms with Crippen LogP contribution in [0.3, 0.4) is 0 Å². The van der Waals surface area contributed by atoms with Gasteiger partial charge in [-0.05, 0) is 45.2 Å². The fourth-order valence-electron chi connectivity index (χ4n) is 1.69. The van der Waals surface area contributed by atoms with Crippen molar-refractivity contribution in [3.05, 3.63) is 0 Å². The maximum atomic E-state index is 11.1. The summed E-state index contributed by atoms with van der Waals surface area (Å²) in [5.74, 6) is 0.870. The molecule has 0 bridgehead atoms. The van der Waals surface area contributed by atoms with Crippen molar-refractivity contribution in [3.8, 4) is 0 Å². The Labute approximate surface area is 86.5 Å². The van der Waals surface area contributed by atoms with Crippen molar-refractivity contribution in [1.82, 2.24) is 10.0 Å². The Balaban J connectivity index is 2.14. The minimum Gasteiger partial charge on any atom is -0.317 e. The Morgan fingerprint density at radius 3 is 2.57 bits per heavy atom. The summed E-state index contributed by atoms with van der Waals surface area (Å²) in [4.78, 5) is 0. The Bertz CT molecular complexity index is 246. The largest absolute Gasteiger partial charge is 0.317 e. The van der Waals surface area contributed by atoms with E-state index in [9.17, 15) is 8.42 Å². The summed E-state index contributed by atoms with van der Waals surface area (Å²) < 4.78 is 24.8. The molecule has 2 N–H and O–H groups in total. The van der Waals surface area contributed by atoms with E-state index < -0.39 is 10.0 Å². The van der Waals surface area contributed by atoms with Crippen LogP contribution in [0.2, 0.25) is 0 Å². The van der Waals surface area contributed by atoms with Gasteiger partial charge in [0.05, 0.1) is 5.75 Å². The van der Waals surface area contributed by atoms with E-state index in [2.05, 4.69) is 10.0 Å². The lowest BCUT2D eigenvalue weighted by molar-refractivity contribution is 0.354. The summed E-state index contributed by atoms with van der Waals surface area (Å²) in [6.07, 6.45) is 3.32. The van der Waals surface area contributed by atoms with Gasteiger partial charge in [0.25, 0.3) is 0 Å². The number of hydrogen-bond acceptors (Lipinski definition) is 3. The highest BCUT2D eigenvalue weighted by molar-refractivity contribution is 7.89. The third-order valence-electron chi connectivity index (χ3n) is 2.71. The van der Waals surface area contributed by atoms with E-state index in [1.165, 1.54) is 12.8 Å². The summed E-state index contributed by atoms with van der Waals surface area (Å²) in [6.45, 7) is 4.41. The topological polar surface area (TPSA) is 58.2 Å². The lowest BCUT2D eigenvalue weighted by atomic mass is 9.95. The Morgan fingerprint density at radius 2 is 2.00 bits per heavy atom. The van der Waals surface area contributed by atoms with Crippen molar-refractivity contribution in [3.63, 3.8) is 0 Å². The predicted octanol–water partition coefficient (Wildman–Crippen LogP) is 0.315. The number of hydrogen-bond donors (Lipinski definition) is 2. The molecule has 0 radical (unpaired) electrons. The summed E-state index contributed by atoms with van der Waals surface area (Å²) in [5.41, 5.74) is 0. The van der Waals surface area contributed by atoms with Gasteiger partial charge < -0.3 is 5.32 Å². The van der Waals surface area contributed by atoms with Gasteiger partial charge >= 0.3 is 0 Å². The van der Waals surface area contributed by atoms with E-state index in [0.717, 1.165) is 19.5 Å². The van der Waals surface area contributed by atoms with E-state index in [0.29, 0.717) is 12.5 Å². The normalized spacial score (nSPS) is 19.8. The Hall–Kier alpha value is -0.130. The molecule has 1 fully saturated rings. The van der Waals surface area contributed by atoms with Gasteiger partial charge in [-0.25, -0.2) is 13.1 Å². The van der Waals surface area contributed by atoms with Crippen molar-refractivity contribution in [2.24, 2.45) is 5.92 Å². The van der Waals surface area contributed by atoms with Crippen molar-refractivity contribution in [2.45, 2.75) is 26.2 Å². The Kier molecular flexibility index (Phi) is 4.84. The molecular weight excluding hydrogens is 200 g/mol. The van der Waals surface area contributed by atoms with Crippen LogP contribution in [0.4, 0.5) is 0 Å². The molecule has 1 aliphatic heterocycles. The van der Waals surface area contributed by atoms with E-state index >= 15 is 0 Å². The highest BCUT2D eigenvalue weighted by atomic mass is 32.2. The molecule has 1 rings (SSSR count). The van der Waals surface area contributed by atoms with Crippen LogP contribution >= 0.6 is 0 Å². The predicted molar refractivity (Wildman–Crippen MR) is 57.7 cm³/mol. The van der Waals surface area contributed by atoms with Crippen LogP contribution in [0.5, 0.6) is 0 Å². The van der Waals surface area contributed by atoms with Crippen LogP contribution in [-0.2, 0) is 10.0 Å². The number of nitrogens with one attached hydrogen (secondary N) is 2. The van der Waals surface area contributed by atoms with Crippen LogP contribution < -0.4 is 10.0 Å². The number of piperidine rings is 1. The van der Waals surface area contributed by atoms with Crippen LogP contribution in [0.1, 0.15) is 26.2 Å². The first-order valence-electron chi connectivity index (χ1n) is 5.32. The number of sulfonamides is 1. The van der Waals surface area contributed by atoms with Crippen LogP contribution in [0.15, 0.2) is 0 Å². The fourth-order valence-corrected chi connectivity index (χ4v) is 2.32. The minimum absolute atomic E-state index is 0.180. The molecule has 0 aromatic heterocycles.